The molecule has 0 unspecified atom stereocenters. The van der Waals surface area contributed by atoms with Gasteiger partial charge in [0.2, 0.25) is 0 Å². The number of hydrogen-bond acceptors (Lipinski definition) is 4. The number of nitrogens with two attached hydrogens (primary N) is 1. The fraction of sp³-hybridized carbons (Fsp3) is 0.250. The Morgan fingerprint density at radius 2 is 2.29 bits per heavy atom. The molecule has 4 nitrogen and oxygen atoms in total. The van der Waals surface area contributed by atoms with Gasteiger partial charge in [-0.25, -0.2) is 18.6 Å². The molecule has 0 aromatic carbocycles. The number of nitrogens with zero attached hydrogens (tertiary/aromatic N) is 1. The predicted molar refractivity (Wildman–Crippen MR) is 44.9 cm³/mol. The van der Waals surface area contributed by atoms with Gasteiger partial charge in [-0.2, -0.15) is 0 Å². The van der Waals surface area contributed by atoms with Crippen molar-refractivity contribution < 1.29 is 18.3 Å². The summed E-state index contributed by atoms with van der Waals surface area (Å²) in [6.45, 7) is 0. The zero-order chi connectivity index (χ0) is 10.7. The first-order valence-electron chi connectivity index (χ1n) is 3.68. The SMILES string of the molecule is COC(=O)c1cc(N)c(C(F)F)cn1. The van der Waals surface area contributed by atoms with Crippen molar-refractivity contribution in [2.24, 2.45) is 0 Å². The molecule has 0 aliphatic rings. The van der Waals surface area contributed by atoms with Gasteiger partial charge in [0.05, 0.1) is 12.7 Å². The molecule has 0 amide bonds. The Kier molecular flexibility index (Phi) is 2.95. The van der Waals surface area contributed by atoms with E-state index in [1.165, 1.54) is 7.11 Å². The number of aromatic nitrogens is 1. The van der Waals surface area contributed by atoms with Crippen molar-refractivity contribution in [1.29, 1.82) is 0 Å². The van der Waals surface area contributed by atoms with Crippen LogP contribution in [0.5, 0.6) is 0 Å². The maximum atomic E-state index is 12.2. The Bertz CT molecular complexity index is 355. The van der Waals surface area contributed by atoms with Crippen molar-refractivity contribution >= 4 is 11.7 Å². The molecule has 0 fully saturated rings. The number of ether oxygens (including phenoxy) is 1. The minimum Gasteiger partial charge on any atom is -0.464 e. The van der Waals surface area contributed by atoms with Gasteiger partial charge in [0.1, 0.15) is 5.69 Å². The lowest BCUT2D eigenvalue weighted by molar-refractivity contribution is 0.0593. The summed E-state index contributed by atoms with van der Waals surface area (Å²) in [4.78, 5) is 14.4. The van der Waals surface area contributed by atoms with Crippen LogP contribution in [0.4, 0.5) is 14.5 Å². The van der Waals surface area contributed by atoms with E-state index in [1.807, 2.05) is 0 Å². The second kappa shape index (κ2) is 3.99. The Morgan fingerprint density at radius 3 is 2.71 bits per heavy atom. The Morgan fingerprint density at radius 1 is 1.64 bits per heavy atom. The zero-order valence-corrected chi connectivity index (χ0v) is 7.33. The molecule has 2 N–H and O–H groups in total. The smallest absolute Gasteiger partial charge is 0.356 e. The van der Waals surface area contributed by atoms with Crippen LogP contribution in [0.25, 0.3) is 0 Å². The van der Waals surface area contributed by atoms with E-state index in [-0.39, 0.29) is 11.4 Å². The molecule has 1 heterocycles. The second-order valence-corrected chi connectivity index (χ2v) is 2.49. The van der Waals surface area contributed by atoms with Crippen LogP contribution >= 0.6 is 0 Å². The summed E-state index contributed by atoms with van der Waals surface area (Å²) in [7, 11) is 1.17. The van der Waals surface area contributed by atoms with Crippen LogP contribution in [0, 0.1) is 0 Å². The Balaban J connectivity index is 3.06. The lowest BCUT2D eigenvalue weighted by atomic mass is 10.2. The van der Waals surface area contributed by atoms with Crippen molar-refractivity contribution in [2.75, 3.05) is 12.8 Å². The minimum atomic E-state index is -2.70. The van der Waals surface area contributed by atoms with Crippen LogP contribution in [0.3, 0.4) is 0 Å². The van der Waals surface area contributed by atoms with Crippen LogP contribution in [-0.4, -0.2) is 18.1 Å². The monoisotopic (exact) mass is 202 g/mol. The number of carbonyl (C=O) groups is 1. The molecular formula is C8H8F2N2O2. The number of alkyl halides is 2. The molecule has 0 bridgehead atoms. The molecule has 1 aromatic heterocycles. The number of esters is 1. The number of anilines is 1. The molecule has 0 atom stereocenters. The summed E-state index contributed by atoms with van der Waals surface area (Å²) >= 11 is 0. The summed E-state index contributed by atoms with van der Waals surface area (Å²) in [5.41, 5.74) is 4.64. The third-order valence-electron chi connectivity index (χ3n) is 1.60. The normalized spacial score (nSPS) is 10.3. The van der Waals surface area contributed by atoms with Gasteiger partial charge >= 0.3 is 5.97 Å². The van der Waals surface area contributed by atoms with Crippen LogP contribution in [0.2, 0.25) is 0 Å². The van der Waals surface area contributed by atoms with Gasteiger partial charge in [-0.15, -0.1) is 0 Å². The van der Waals surface area contributed by atoms with Crippen LogP contribution in [0.1, 0.15) is 22.5 Å². The fourth-order valence-corrected chi connectivity index (χ4v) is 0.880. The van der Waals surface area contributed by atoms with Crippen molar-refractivity contribution in [1.82, 2.24) is 4.98 Å². The largest absolute Gasteiger partial charge is 0.464 e. The Hall–Kier alpha value is -1.72. The summed E-state index contributed by atoms with van der Waals surface area (Å²) in [5.74, 6) is -0.711. The number of carbonyl (C=O) groups excluding carboxylic acids is 1. The maximum Gasteiger partial charge on any atom is 0.356 e. The first-order valence-corrected chi connectivity index (χ1v) is 3.68. The van der Waals surface area contributed by atoms with E-state index in [4.69, 9.17) is 5.73 Å². The molecule has 14 heavy (non-hydrogen) atoms. The summed E-state index contributed by atoms with van der Waals surface area (Å²) in [6.07, 6.45) is -1.83. The van der Waals surface area contributed by atoms with Crippen molar-refractivity contribution in [2.45, 2.75) is 6.43 Å². The van der Waals surface area contributed by atoms with Gasteiger partial charge in [0.25, 0.3) is 6.43 Å². The highest BCUT2D eigenvalue weighted by Crippen LogP contribution is 2.24. The average molecular weight is 202 g/mol. The van der Waals surface area contributed by atoms with E-state index in [1.54, 1.807) is 0 Å². The highest BCUT2D eigenvalue weighted by Gasteiger charge is 2.15. The van der Waals surface area contributed by atoms with E-state index >= 15 is 0 Å². The lowest BCUT2D eigenvalue weighted by Gasteiger charge is -2.04. The van der Waals surface area contributed by atoms with Gasteiger partial charge in [-0.1, -0.05) is 0 Å². The number of nitrogen functional groups attached to an aromatic ring is 1. The minimum absolute atomic E-state index is 0.0885. The molecule has 0 radical (unpaired) electrons. The van der Waals surface area contributed by atoms with Gasteiger partial charge in [-0.3, -0.25) is 0 Å². The van der Waals surface area contributed by atoms with E-state index in [9.17, 15) is 13.6 Å². The molecule has 0 saturated carbocycles. The zero-order valence-electron chi connectivity index (χ0n) is 7.33. The molecule has 6 heteroatoms. The number of pyridine rings is 1. The molecule has 1 aromatic rings. The summed E-state index contributed by atoms with van der Waals surface area (Å²) in [5, 5.41) is 0. The average Bonchev–Trinajstić information content (AvgIpc) is 2.15. The van der Waals surface area contributed by atoms with E-state index < -0.39 is 18.0 Å². The predicted octanol–water partition coefficient (Wildman–Crippen LogP) is 1.39. The lowest BCUT2D eigenvalue weighted by Crippen LogP contribution is -2.06. The molecule has 0 spiro atoms. The highest BCUT2D eigenvalue weighted by atomic mass is 19.3. The molecule has 0 aliphatic heterocycles. The second-order valence-electron chi connectivity index (χ2n) is 2.49. The first-order chi connectivity index (χ1) is 6.56. The Labute approximate surface area is 78.7 Å². The summed E-state index contributed by atoms with van der Waals surface area (Å²) in [6, 6.07) is 1.06. The van der Waals surface area contributed by atoms with Crippen molar-refractivity contribution in [3.8, 4) is 0 Å². The molecule has 1 rings (SSSR count). The van der Waals surface area contributed by atoms with Crippen LogP contribution < -0.4 is 5.73 Å². The molecule has 76 valence electrons. The van der Waals surface area contributed by atoms with E-state index in [0.717, 1.165) is 12.3 Å². The van der Waals surface area contributed by atoms with Crippen molar-refractivity contribution in [3.63, 3.8) is 0 Å². The molecule has 0 aliphatic carbocycles. The standard InChI is InChI=1S/C8H8F2N2O2/c1-14-8(13)6-2-5(11)4(3-12-6)7(9)10/h2-3,7H,1H3,(H2,11,12). The highest BCUT2D eigenvalue weighted by molar-refractivity contribution is 5.88. The number of methoxy groups -OCH3 is 1. The number of hydrogen-bond donors (Lipinski definition) is 1. The quantitative estimate of drug-likeness (QED) is 0.736. The summed E-state index contributed by atoms with van der Waals surface area (Å²) < 4.78 is 28.8. The van der Waals surface area contributed by atoms with Crippen LogP contribution in [0.15, 0.2) is 12.3 Å². The topological polar surface area (TPSA) is 65.2 Å². The van der Waals surface area contributed by atoms with Gasteiger partial charge in [-0.05, 0) is 6.07 Å². The van der Waals surface area contributed by atoms with E-state index in [2.05, 4.69) is 9.72 Å². The third-order valence-corrected chi connectivity index (χ3v) is 1.60. The van der Waals surface area contributed by atoms with Gasteiger partial charge in [0.15, 0.2) is 0 Å². The molecular weight excluding hydrogens is 194 g/mol. The van der Waals surface area contributed by atoms with Gasteiger partial charge in [0, 0.05) is 11.9 Å². The van der Waals surface area contributed by atoms with Crippen molar-refractivity contribution in [3.05, 3.63) is 23.5 Å². The first kappa shape index (κ1) is 10.4. The maximum absolute atomic E-state index is 12.2. The number of rotatable bonds is 2. The molecule has 0 saturated heterocycles. The number of halogens is 2. The van der Waals surface area contributed by atoms with Crippen LogP contribution in [-0.2, 0) is 4.74 Å². The fourth-order valence-electron chi connectivity index (χ4n) is 0.880. The van der Waals surface area contributed by atoms with E-state index in [0.29, 0.717) is 0 Å². The van der Waals surface area contributed by atoms with Gasteiger partial charge < -0.3 is 10.5 Å². The third kappa shape index (κ3) is 1.95.